The molecule has 0 amide bonds. The number of aromatic nitrogens is 2. The second-order valence-electron chi connectivity index (χ2n) is 13.1. The van der Waals surface area contributed by atoms with Crippen LogP contribution in [0, 0.1) is 0 Å². The van der Waals surface area contributed by atoms with E-state index in [-0.39, 0.29) is 0 Å². The van der Waals surface area contributed by atoms with Gasteiger partial charge in [0.25, 0.3) is 0 Å². The van der Waals surface area contributed by atoms with E-state index in [0.29, 0.717) is 0 Å². The van der Waals surface area contributed by atoms with Gasteiger partial charge in [-0.2, -0.15) is 0 Å². The molecular weight excluding hydrogens is 625 g/mol. The molecule has 11 rings (SSSR count). The lowest BCUT2D eigenvalue weighted by Crippen LogP contribution is -1.95. The summed E-state index contributed by atoms with van der Waals surface area (Å²) in [5.74, 6) is 0. The summed E-state index contributed by atoms with van der Waals surface area (Å²) in [7, 11) is 0. The molecule has 0 aliphatic rings. The zero-order chi connectivity index (χ0) is 32.8. The molecular formula is C47H28N2S. The minimum atomic E-state index is 1.03. The first-order chi connectivity index (χ1) is 24.8. The second kappa shape index (κ2) is 10.6. The molecule has 0 fully saturated rings. The second-order valence-corrected chi connectivity index (χ2v) is 14.1. The van der Waals surface area contributed by atoms with Crippen LogP contribution in [0.3, 0.4) is 0 Å². The van der Waals surface area contributed by atoms with Crippen molar-refractivity contribution in [3.8, 4) is 28.1 Å². The fraction of sp³-hybridized carbons (Fsp3) is 0. The number of hydrogen-bond donors (Lipinski definition) is 0. The predicted molar refractivity (Wildman–Crippen MR) is 215 cm³/mol. The van der Waals surface area contributed by atoms with Crippen molar-refractivity contribution in [1.29, 1.82) is 0 Å². The lowest BCUT2D eigenvalue weighted by Gasteiger charge is -2.13. The monoisotopic (exact) mass is 652 g/mol. The Hall–Kier alpha value is -6.29. The molecule has 0 aliphatic carbocycles. The Morgan fingerprint density at radius 3 is 1.68 bits per heavy atom. The van der Waals surface area contributed by atoms with E-state index in [2.05, 4.69) is 174 Å². The molecule has 50 heavy (non-hydrogen) atoms. The van der Waals surface area contributed by atoms with Crippen molar-refractivity contribution in [3.63, 3.8) is 0 Å². The molecule has 0 radical (unpaired) electrons. The van der Waals surface area contributed by atoms with E-state index in [0.717, 1.165) is 22.5 Å². The Morgan fingerprint density at radius 2 is 0.960 bits per heavy atom. The van der Waals surface area contributed by atoms with Crippen molar-refractivity contribution >= 4 is 85.8 Å². The third-order valence-corrected chi connectivity index (χ3v) is 11.6. The van der Waals surface area contributed by atoms with Gasteiger partial charge in [0.1, 0.15) is 0 Å². The quantitative estimate of drug-likeness (QED) is 0.174. The van der Waals surface area contributed by atoms with Crippen LogP contribution in [-0.4, -0.2) is 9.55 Å². The molecule has 0 N–H and O–H groups in total. The number of pyridine rings is 1. The van der Waals surface area contributed by atoms with Gasteiger partial charge in [0.15, 0.2) is 0 Å². The minimum absolute atomic E-state index is 1.03. The van der Waals surface area contributed by atoms with Crippen LogP contribution in [0.15, 0.2) is 170 Å². The fourth-order valence-electron chi connectivity index (χ4n) is 8.11. The van der Waals surface area contributed by atoms with Crippen LogP contribution < -0.4 is 0 Å². The molecule has 0 saturated carbocycles. The number of thiophene rings is 1. The summed E-state index contributed by atoms with van der Waals surface area (Å²) in [6.45, 7) is 0. The van der Waals surface area contributed by atoms with E-state index in [1.165, 1.54) is 80.0 Å². The van der Waals surface area contributed by atoms with E-state index in [9.17, 15) is 0 Å². The average Bonchev–Trinajstić information content (AvgIpc) is 3.73. The van der Waals surface area contributed by atoms with Crippen molar-refractivity contribution < 1.29 is 0 Å². The summed E-state index contributed by atoms with van der Waals surface area (Å²) in [5, 5.41) is 11.5. The third kappa shape index (κ3) is 3.92. The summed E-state index contributed by atoms with van der Waals surface area (Å²) in [6, 6.07) is 61.6. The fourth-order valence-corrected chi connectivity index (χ4v) is 9.47. The van der Waals surface area contributed by atoms with Crippen LogP contribution in [0.4, 0.5) is 0 Å². The largest absolute Gasteiger partial charge is 0.308 e. The van der Waals surface area contributed by atoms with Gasteiger partial charge >= 0.3 is 0 Å². The lowest BCUT2D eigenvalue weighted by atomic mass is 9.92. The van der Waals surface area contributed by atoms with Crippen LogP contribution in [0.25, 0.3) is 102 Å². The number of benzene rings is 8. The van der Waals surface area contributed by atoms with Crippen LogP contribution >= 0.6 is 11.3 Å². The number of fused-ring (bicyclic) bond motifs is 13. The molecule has 3 heterocycles. The number of para-hydroxylation sites is 2. The standard InChI is InChI=1S/C47H28N2S/c1-2-12-30(13-3-1)44-43-45-47(50-46(43)38-18-8-10-20-41(38)48-44)39-19-9-11-21-42(39)49(45)32-25-22-29(23-26-32)31-24-27-37-35-16-5-4-14-33(35)34-15-6-7-17-36(34)40(37)28-31/h1-28H. The summed E-state index contributed by atoms with van der Waals surface area (Å²) in [4.78, 5) is 5.31. The molecule has 0 saturated heterocycles. The Bertz CT molecular complexity index is 3100. The smallest absolute Gasteiger partial charge is 0.0817 e. The molecule has 3 heteroatoms. The maximum atomic E-state index is 5.31. The summed E-state index contributed by atoms with van der Waals surface area (Å²) in [6.07, 6.45) is 0. The van der Waals surface area contributed by atoms with Gasteiger partial charge in [0.05, 0.1) is 26.9 Å². The molecule has 8 aromatic carbocycles. The van der Waals surface area contributed by atoms with Crippen molar-refractivity contribution in [2.75, 3.05) is 0 Å². The van der Waals surface area contributed by atoms with Gasteiger partial charge in [-0.25, -0.2) is 4.98 Å². The Balaban J connectivity index is 1.15. The van der Waals surface area contributed by atoms with Crippen LogP contribution in [0.1, 0.15) is 0 Å². The van der Waals surface area contributed by atoms with Gasteiger partial charge in [0.2, 0.25) is 0 Å². The van der Waals surface area contributed by atoms with Crippen LogP contribution in [0.2, 0.25) is 0 Å². The molecule has 0 bridgehead atoms. The van der Waals surface area contributed by atoms with E-state index >= 15 is 0 Å². The highest BCUT2D eigenvalue weighted by atomic mass is 32.1. The van der Waals surface area contributed by atoms with Gasteiger partial charge < -0.3 is 4.57 Å². The van der Waals surface area contributed by atoms with E-state index in [1.54, 1.807) is 0 Å². The normalized spacial score (nSPS) is 12.0. The topological polar surface area (TPSA) is 17.8 Å². The number of nitrogens with zero attached hydrogens (tertiary/aromatic N) is 2. The Morgan fingerprint density at radius 1 is 0.400 bits per heavy atom. The molecule has 0 aliphatic heterocycles. The van der Waals surface area contributed by atoms with E-state index < -0.39 is 0 Å². The van der Waals surface area contributed by atoms with Gasteiger partial charge in [-0.3, -0.25) is 0 Å². The molecule has 232 valence electrons. The summed E-state index contributed by atoms with van der Waals surface area (Å²) < 4.78 is 5.03. The molecule has 0 unspecified atom stereocenters. The van der Waals surface area contributed by atoms with Gasteiger partial charge in [-0.05, 0) is 73.8 Å². The Labute approximate surface area is 292 Å². The summed E-state index contributed by atoms with van der Waals surface area (Å²) >= 11 is 1.89. The van der Waals surface area contributed by atoms with Crippen molar-refractivity contribution in [1.82, 2.24) is 9.55 Å². The first kappa shape index (κ1) is 27.6. The lowest BCUT2D eigenvalue weighted by molar-refractivity contribution is 1.19. The molecule has 11 aromatic rings. The maximum absolute atomic E-state index is 5.31. The number of hydrogen-bond acceptors (Lipinski definition) is 2. The molecule has 3 aromatic heterocycles. The van der Waals surface area contributed by atoms with Gasteiger partial charge in [-0.15, -0.1) is 11.3 Å². The number of rotatable bonds is 3. The zero-order valence-electron chi connectivity index (χ0n) is 27.0. The third-order valence-electron chi connectivity index (χ3n) is 10.4. The highest BCUT2D eigenvalue weighted by Gasteiger charge is 2.23. The minimum Gasteiger partial charge on any atom is -0.308 e. The highest BCUT2D eigenvalue weighted by Crippen LogP contribution is 2.47. The van der Waals surface area contributed by atoms with Crippen molar-refractivity contribution in [3.05, 3.63) is 170 Å². The molecule has 0 spiro atoms. The predicted octanol–water partition coefficient (Wildman–Crippen LogP) is 13.3. The maximum Gasteiger partial charge on any atom is 0.0817 e. The highest BCUT2D eigenvalue weighted by molar-refractivity contribution is 7.27. The zero-order valence-corrected chi connectivity index (χ0v) is 27.8. The van der Waals surface area contributed by atoms with Crippen molar-refractivity contribution in [2.45, 2.75) is 0 Å². The van der Waals surface area contributed by atoms with Crippen LogP contribution in [-0.2, 0) is 0 Å². The SMILES string of the molecule is c1ccc(-c2nc3ccccc3c3sc4c5ccccc5n(-c5ccc(-c6ccc7c8ccccc8c8ccccc8c7c6)cc5)c4c23)cc1. The van der Waals surface area contributed by atoms with E-state index in [1.807, 2.05) is 11.3 Å². The van der Waals surface area contributed by atoms with Crippen molar-refractivity contribution in [2.24, 2.45) is 0 Å². The van der Waals surface area contributed by atoms with E-state index in [4.69, 9.17) is 4.98 Å². The molecule has 2 nitrogen and oxygen atoms in total. The van der Waals surface area contributed by atoms with Crippen LogP contribution in [0.5, 0.6) is 0 Å². The average molecular weight is 653 g/mol. The molecule has 0 atom stereocenters. The first-order valence-electron chi connectivity index (χ1n) is 17.1. The van der Waals surface area contributed by atoms with Gasteiger partial charge in [-0.1, -0.05) is 140 Å². The van der Waals surface area contributed by atoms with Gasteiger partial charge in [0, 0.05) is 32.1 Å². The Kier molecular flexibility index (Phi) is 5.86. The first-order valence-corrected chi connectivity index (χ1v) is 17.9. The summed E-state index contributed by atoms with van der Waals surface area (Å²) in [5.41, 5.74) is 9.18.